The summed E-state index contributed by atoms with van der Waals surface area (Å²) in [5, 5.41) is 0. The molecule has 0 aromatic carbocycles. The zero-order valence-corrected chi connectivity index (χ0v) is 16.2. The maximum Gasteiger partial charge on any atom is 0.332 e. The third-order valence-corrected chi connectivity index (χ3v) is 6.32. The SMILES string of the molecule is C=CC12CCC(c3nc4c([nH]3)c(=O)n(CCC)c(=O)n4CCC)(CC1)CO2. The maximum atomic E-state index is 12.9. The fraction of sp³-hybridized carbons (Fsp3) is 0.650. The monoisotopic (exact) mass is 372 g/mol. The van der Waals surface area contributed by atoms with Crippen molar-refractivity contribution < 1.29 is 4.74 Å². The number of rotatable bonds is 6. The van der Waals surface area contributed by atoms with Crippen molar-refractivity contribution in [2.75, 3.05) is 6.61 Å². The van der Waals surface area contributed by atoms with Crippen molar-refractivity contribution in [3.63, 3.8) is 0 Å². The van der Waals surface area contributed by atoms with Gasteiger partial charge in [-0.15, -0.1) is 6.58 Å². The predicted molar refractivity (Wildman–Crippen MR) is 104 cm³/mol. The van der Waals surface area contributed by atoms with E-state index in [-0.39, 0.29) is 22.3 Å². The molecule has 2 saturated heterocycles. The zero-order chi connectivity index (χ0) is 19.2. The Hall–Kier alpha value is -2.15. The van der Waals surface area contributed by atoms with E-state index in [4.69, 9.17) is 9.72 Å². The summed E-state index contributed by atoms with van der Waals surface area (Å²) >= 11 is 0. The second-order valence-corrected chi connectivity index (χ2v) is 8.01. The van der Waals surface area contributed by atoms with E-state index in [1.165, 1.54) is 4.57 Å². The molecule has 146 valence electrons. The average molecular weight is 372 g/mol. The summed E-state index contributed by atoms with van der Waals surface area (Å²) in [5.41, 5.74) is -0.0276. The first-order chi connectivity index (χ1) is 13.0. The van der Waals surface area contributed by atoms with Crippen LogP contribution in [0.2, 0.25) is 0 Å². The Kier molecular flexibility index (Phi) is 4.37. The highest BCUT2D eigenvalue weighted by atomic mass is 16.5. The number of fused-ring (bicyclic) bond motifs is 4. The molecular weight excluding hydrogens is 344 g/mol. The molecule has 27 heavy (non-hydrogen) atoms. The number of nitrogens with zero attached hydrogens (tertiary/aromatic N) is 3. The quantitative estimate of drug-likeness (QED) is 0.790. The van der Waals surface area contributed by atoms with Crippen molar-refractivity contribution in [1.82, 2.24) is 19.1 Å². The zero-order valence-electron chi connectivity index (χ0n) is 16.2. The van der Waals surface area contributed by atoms with Gasteiger partial charge < -0.3 is 9.72 Å². The molecule has 2 aromatic rings. The Morgan fingerprint density at radius 2 is 1.81 bits per heavy atom. The highest BCUT2D eigenvalue weighted by Crippen LogP contribution is 2.50. The van der Waals surface area contributed by atoms with Crippen molar-refractivity contribution in [3.8, 4) is 0 Å². The van der Waals surface area contributed by atoms with Gasteiger partial charge in [-0.1, -0.05) is 19.9 Å². The molecule has 0 spiro atoms. The van der Waals surface area contributed by atoms with Gasteiger partial charge in [0, 0.05) is 13.1 Å². The van der Waals surface area contributed by atoms with E-state index < -0.39 is 0 Å². The first-order valence-corrected chi connectivity index (χ1v) is 10.0. The molecule has 1 N–H and O–H groups in total. The fourth-order valence-electron chi connectivity index (χ4n) is 4.55. The normalized spacial score (nSPS) is 27.3. The predicted octanol–water partition coefficient (Wildman–Crippen LogP) is 2.47. The van der Waals surface area contributed by atoms with E-state index in [9.17, 15) is 9.59 Å². The fourth-order valence-corrected chi connectivity index (χ4v) is 4.55. The van der Waals surface area contributed by atoms with Crippen LogP contribution < -0.4 is 11.2 Å². The lowest BCUT2D eigenvalue weighted by Gasteiger charge is -2.51. The number of H-pyrrole nitrogens is 1. The molecule has 7 nitrogen and oxygen atoms in total. The van der Waals surface area contributed by atoms with E-state index in [1.807, 2.05) is 19.9 Å². The molecule has 3 aliphatic rings. The van der Waals surface area contributed by atoms with Crippen LogP contribution in [-0.2, 0) is 23.2 Å². The lowest BCUT2D eigenvalue weighted by atomic mass is 9.65. The van der Waals surface area contributed by atoms with E-state index in [1.54, 1.807) is 4.57 Å². The Morgan fingerprint density at radius 1 is 1.15 bits per heavy atom. The molecule has 2 bridgehead atoms. The number of hydrogen-bond acceptors (Lipinski definition) is 4. The lowest BCUT2D eigenvalue weighted by molar-refractivity contribution is -0.130. The van der Waals surface area contributed by atoms with Crippen molar-refractivity contribution >= 4 is 11.2 Å². The van der Waals surface area contributed by atoms with Crippen LogP contribution in [0.5, 0.6) is 0 Å². The van der Waals surface area contributed by atoms with E-state index >= 15 is 0 Å². The number of imidazole rings is 1. The highest BCUT2D eigenvalue weighted by Gasteiger charge is 2.51. The van der Waals surface area contributed by atoms with E-state index in [0.717, 1.165) is 44.3 Å². The topological polar surface area (TPSA) is 81.9 Å². The van der Waals surface area contributed by atoms with Crippen molar-refractivity contribution in [2.45, 2.75) is 76.5 Å². The molecule has 1 aliphatic carbocycles. The van der Waals surface area contributed by atoms with Crippen LogP contribution >= 0.6 is 0 Å². The van der Waals surface area contributed by atoms with Gasteiger partial charge in [-0.05, 0) is 38.5 Å². The number of aromatic nitrogens is 4. The summed E-state index contributed by atoms with van der Waals surface area (Å²) in [4.78, 5) is 33.8. The molecule has 4 heterocycles. The van der Waals surface area contributed by atoms with Crippen LogP contribution in [0.1, 0.15) is 58.2 Å². The van der Waals surface area contributed by atoms with Crippen LogP contribution in [0.25, 0.3) is 11.2 Å². The van der Waals surface area contributed by atoms with Crippen LogP contribution in [0.3, 0.4) is 0 Å². The number of nitrogens with one attached hydrogen (secondary N) is 1. The molecule has 7 heteroatoms. The molecule has 0 atom stereocenters. The van der Waals surface area contributed by atoms with Gasteiger partial charge in [0.2, 0.25) is 0 Å². The minimum absolute atomic E-state index is 0.202. The molecule has 2 aliphatic heterocycles. The standard InChI is InChI=1S/C20H28N4O3/c1-4-11-23-15-14(16(25)24(12-5-2)18(23)26)21-17(22-15)19-7-9-20(6-3,10-8-19)27-13-19/h6H,3-5,7-13H2,1-2H3,(H,21,22). The molecular formula is C20H28N4O3. The molecule has 2 aromatic heterocycles. The average Bonchev–Trinajstić information content (AvgIpc) is 3.16. The highest BCUT2D eigenvalue weighted by molar-refractivity contribution is 5.70. The Labute approximate surface area is 158 Å². The lowest BCUT2D eigenvalue weighted by Crippen LogP contribution is -2.52. The summed E-state index contributed by atoms with van der Waals surface area (Å²) in [6, 6.07) is 0. The number of aromatic amines is 1. The molecule has 0 unspecified atom stereocenters. The van der Waals surface area contributed by atoms with Gasteiger partial charge in [-0.25, -0.2) is 9.78 Å². The smallest absolute Gasteiger partial charge is 0.332 e. The van der Waals surface area contributed by atoms with Crippen molar-refractivity contribution in [1.29, 1.82) is 0 Å². The third kappa shape index (κ3) is 2.63. The Balaban J connectivity index is 1.86. The van der Waals surface area contributed by atoms with Gasteiger partial charge in [-0.2, -0.15) is 0 Å². The van der Waals surface area contributed by atoms with Gasteiger partial charge in [0.25, 0.3) is 5.56 Å². The third-order valence-electron chi connectivity index (χ3n) is 6.32. The minimum atomic E-state index is -0.271. The van der Waals surface area contributed by atoms with Crippen LogP contribution in [0, 0.1) is 0 Å². The van der Waals surface area contributed by atoms with Crippen molar-refractivity contribution in [2.24, 2.45) is 0 Å². The first-order valence-electron chi connectivity index (χ1n) is 10.0. The molecule has 1 saturated carbocycles. The van der Waals surface area contributed by atoms with Crippen LogP contribution in [-0.4, -0.2) is 31.3 Å². The summed E-state index contributed by atoms with van der Waals surface area (Å²) in [6.45, 7) is 9.45. The number of hydrogen-bond donors (Lipinski definition) is 1. The molecule has 5 rings (SSSR count). The van der Waals surface area contributed by atoms with Gasteiger partial charge in [0.15, 0.2) is 5.65 Å². The largest absolute Gasteiger partial charge is 0.370 e. The van der Waals surface area contributed by atoms with Gasteiger partial charge >= 0.3 is 5.69 Å². The maximum absolute atomic E-state index is 12.9. The molecule has 3 fully saturated rings. The Morgan fingerprint density at radius 3 is 2.37 bits per heavy atom. The molecule has 0 radical (unpaired) electrons. The van der Waals surface area contributed by atoms with Gasteiger partial charge in [-0.3, -0.25) is 13.9 Å². The van der Waals surface area contributed by atoms with Crippen LogP contribution in [0.4, 0.5) is 0 Å². The van der Waals surface area contributed by atoms with E-state index in [2.05, 4.69) is 11.6 Å². The first kappa shape index (κ1) is 18.2. The molecule has 0 amide bonds. The number of aryl methyl sites for hydroxylation is 1. The summed E-state index contributed by atoms with van der Waals surface area (Å²) in [6.07, 6.45) is 7.18. The van der Waals surface area contributed by atoms with Gasteiger partial charge in [0.05, 0.1) is 17.6 Å². The van der Waals surface area contributed by atoms with Crippen molar-refractivity contribution in [3.05, 3.63) is 39.3 Å². The van der Waals surface area contributed by atoms with E-state index in [0.29, 0.717) is 30.9 Å². The van der Waals surface area contributed by atoms with Gasteiger partial charge in [0.1, 0.15) is 11.3 Å². The van der Waals surface area contributed by atoms with Crippen LogP contribution in [0.15, 0.2) is 22.2 Å². The summed E-state index contributed by atoms with van der Waals surface area (Å²) < 4.78 is 9.11. The second kappa shape index (κ2) is 6.48. The minimum Gasteiger partial charge on any atom is -0.370 e. The number of ether oxygens (including phenoxy) is 1. The summed E-state index contributed by atoms with van der Waals surface area (Å²) in [5.74, 6) is 0.783. The second-order valence-electron chi connectivity index (χ2n) is 8.01. The summed E-state index contributed by atoms with van der Waals surface area (Å²) in [7, 11) is 0. The Bertz CT molecular complexity index is 973.